The van der Waals surface area contributed by atoms with E-state index in [4.69, 9.17) is 9.47 Å². The Morgan fingerprint density at radius 3 is 2.64 bits per heavy atom. The smallest absolute Gasteiger partial charge is 0.410 e. The van der Waals surface area contributed by atoms with Crippen LogP contribution in [-0.4, -0.2) is 59.0 Å². The van der Waals surface area contributed by atoms with Gasteiger partial charge in [0.05, 0.1) is 13.2 Å². The zero-order chi connectivity index (χ0) is 23.5. The molecule has 2 fully saturated rings. The molecule has 5 rings (SSSR count). The molecule has 1 aromatic carbocycles. The highest BCUT2D eigenvalue weighted by Crippen LogP contribution is 2.49. The van der Waals surface area contributed by atoms with Gasteiger partial charge in [0.1, 0.15) is 17.4 Å². The van der Waals surface area contributed by atoms with Gasteiger partial charge in [0.2, 0.25) is 5.91 Å². The Balaban J connectivity index is 1.34. The number of piperidine rings is 2. The highest BCUT2D eigenvalue weighted by Gasteiger charge is 2.48. The van der Waals surface area contributed by atoms with Crippen molar-refractivity contribution in [2.45, 2.75) is 70.1 Å². The zero-order valence-electron chi connectivity index (χ0n) is 19.5. The van der Waals surface area contributed by atoms with Crippen LogP contribution >= 0.6 is 0 Å². The number of carbonyl (C=O) groups excluding carboxylic acids is 3. The van der Waals surface area contributed by atoms with Crippen molar-refractivity contribution in [3.8, 4) is 5.75 Å². The van der Waals surface area contributed by atoms with Crippen LogP contribution in [0.2, 0.25) is 0 Å². The second kappa shape index (κ2) is 7.50. The Morgan fingerprint density at radius 1 is 1.24 bits per heavy atom. The standard InChI is InChI=1S/C25H31N3O5/c1-15-5-8-19(21(29)26-15)28-13-17-16(22(28)30)6-7-18-20(17)32-14-25(18)9-11-27(12-10-25)23(31)33-24(2,3)4/h6-7,19H,1,5,8-14H2,2-4H3,(H,26,29). The van der Waals surface area contributed by atoms with Gasteiger partial charge in [-0.2, -0.15) is 0 Å². The second-order valence-corrected chi connectivity index (χ2v) is 10.6. The lowest BCUT2D eigenvalue weighted by atomic mass is 9.74. The first-order valence-corrected chi connectivity index (χ1v) is 11.6. The highest BCUT2D eigenvalue weighted by atomic mass is 16.6. The van der Waals surface area contributed by atoms with Crippen molar-refractivity contribution in [2.24, 2.45) is 0 Å². The van der Waals surface area contributed by atoms with E-state index in [9.17, 15) is 14.4 Å². The van der Waals surface area contributed by atoms with E-state index in [-0.39, 0.29) is 23.3 Å². The summed E-state index contributed by atoms with van der Waals surface area (Å²) in [6, 6.07) is 3.40. The first kappa shape index (κ1) is 21.8. The molecule has 2 saturated heterocycles. The fourth-order valence-corrected chi connectivity index (χ4v) is 5.42. The van der Waals surface area contributed by atoms with Gasteiger partial charge in [-0.1, -0.05) is 12.6 Å². The van der Waals surface area contributed by atoms with E-state index >= 15 is 0 Å². The van der Waals surface area contributed by atoms with Crippen molar-refractivity contribution >= 4 is 17.9 Å². The first-order valence-electron chi connectivity index (χ1n) is 11.6. The molecule has 8 heteroatoms. The summed E-state index contributed by atoms with van der Waals surface area (Å²) in [4.78, 5) is 41.5. The van der Waals surface area contributed by atoms with Crippen LogP contribution < -0.4 is 10.1 Å². The molecular formula is C25H31N3O5. The van der Waals surface area contributed by atoms with Crippen LogP contribution in [0.4, 0.5) is 4.79 Å². The van der Waals surface area contributed by atoms with Crippen molar-refractivity contribution in [1.29, 1.82) is 0 Å². The average molecular weight is 454 g/mol. The predicted molar refractivity (Wildman–Crippen MR) is 121 cm³/mol. The number of hydrogen-bond donors (Lipinski definition) is 1. The number of amides is 3. The summed E-state index contributed by atoms with van der Waals surface area (Å²) in [6.45, 7) is 11.6. The van der Waals surface area contributed by atoms with E-state index in [2.05, 4.69) is 11.9 Å². The Kier molecular flexibility index (Phi) is 4.95. The molecule has 33 heavy (non-hydrogen) atoms. The number of benzene rings is 1. The number of carbonyl (C=O) groups is 3. The topological polar surface area (TPSA) is 88.2 Å². The van der Waals surface area contributed by atoms with Crippen LogP contribution in [0.1, 0.15) is 67.9 Å². The third-order valence-corrected chi connectivity index (χ3v) is 7.22. The van der Waals surface area contributed by atoms with Gasteiger partial charge in [0.25, 0.3) is 5.91 Å². The Labute approximate surface area is 193 Å². The molecular weight excluding hydrogens is 422 g/mol. The van der Waals surface area contributed by atoms with Crippen LogP contribution in [0.15, 0.2) is 24.4 Å². The van der Waals surface area contributed by atoms with Gasteiger partial charge < -0.3 is 24.6 Å². The van der Waals surface area contributed by atoms with E-state index < -0.39 is 11.6 Å². The van der Waals surface area contributed by atoms with Crippen molar-refractivity contribution in [2.75, 3.05) is 19.7 Å². The van der Waals surface area contributed by atoms with Crippen molar-refractivity contribution < 1.29 is 23.9 Å². The summed E-state index contributed by atoms with van der Waals surface area (Å²) >= 11 is 0. The van der Waals surface area contributed by atoms with Crippen LogP contribution in [0, 0.1) is 0 Å². The molecule has 4 aliphatic rings. The number of allylic oxidation sites excluding steroid dienone is 1. The second-order valence-electron chi connectivity index (χ2n) is 10.6. The normalized spacial score (nSPS) is 23.8. The third-order valence-electron chi connectivity index (χ3n) is 7.22. The van der Waals surface area contributed by atoms with E-state index in [1.165, 1.54) is 0 Å². The Morgan fingerprint density at radius 2 is 1.97 bits per heavy atom. The molecule has 1 N–H and O–H groups in total. The average Bonchev–Trinajstić information content (AvgIpc) is 3.26. The number of likely N-dealkylation sites (tertiary alicyclic amines) is 1. The SMILES string of the molecule is C=C1CCC(N2Cc3c(ccc4c3OCC43CCN(C(=O)OC(C)(C)C)CC3)C2=O)C(=O)N1. The molecule has 1 aromatic rings. The lowest BCUT2D eigenvalue weighted by molar-refractivity contribution is -0.126. The van der Waals surface area contributed by atoms with E-state index in [0.29, 0.717) is 50.3 Å². The van der Waals surface area contributed by atoms with E-state index in [1.54, 1.807) is 9.80 Å². The van der Waals surface area contributed by atoms with Gasteiger partial charge in [-0.25, -0.2) is 4.79 Å². The molecule has 4 aliphatic heterocycles. The summed E-state index contributed by atoms with van der Waals surface area (Å²) in [5.41, 5.74) is 2.62. The maximum atomic E-state index is 13.1. The van der Waals surface area contributed by atoms with Gasteiger partial charge in [0.15, 0.2) is 0 Å². The fourth-order valence-electron chi connectivity index (χ4n) is 5.42. The fraction of sp³-hybridized carbons (Fsp3) is 0.560. The van der Waals surface area contributed by atoms with Crippen molar-refractivity contribution in [1.82, 2.24) is 15.1 Å². The van der Waals surface area contributed by atoms with Crippen molar-refractivity contribution in [3.05, 3.63) is 41.1 Å². The molecule has 176 valence electrons. The summed E-state index contributed by atoms with van der Waals surface area (Å²) < 4.78 is 11.7. The summed E-state index contributed by atoms with van der Waals surface area (Å²) in [5.74, 6) is 0.496. The van der Waals surface area contributed by atoms with Crippen LogP contribution in [0.25, 0.3) is 0 Å². The molecule has 1 atom stereocenters. The molecule has 1 spiro atoms. The summed E-state index contributed by atoms with van der Waals surface area (Å²) in [6.07, 6.45) is 2.53. The van der Waals surface area contributed by atoms with E-state index in [1.807, 2.05) is 32.9 Å². The van der Waals surface area contributed by atoms with Gasteiger partial charge in [-0.3, -0.25) is 9.59 Å². The Hall–Kier alpha value is -3.03. The minimum Gasteiger partial charge on any atom is -0.492 e. The number of nitrogens with one attached hydrogen (secondary N) is 1. The number of hydrogen-bond acceptors (Lipinski definition) is 5. The van der Waals surface area contributed by atoms with E-state index in [0.717, 1.165) is 29.7 Å². The number of nitrogens with zero attached hydrogens (tertiary/aromatic N) is 2. The molecule has 0 aliphatic carbocycles. The molecule has 8 nitrogen and oxygen atoms in total. The number of rotatable bonds is 1. The third kappa shape index (κ3) is 3.65. The molecule has 0 aromatic heterocycles. The van der Waals surface area contributed by atoms with Crippen LogP contribution in [-0.2, 0) is 21.5 Å². The molecule has 3 amide bonds. The minimum absolute atomic E-state index is 0.121. The number of fused-ring (bicyclic) bond motifs is 4. The quantitative estimate of drug-likeness (QED) is 0.706. The van der Waals surface area contributed by atoms with Crippen LogP contribution in [0.5, 0.6) is 5.75 Å². The predicted octanol–water partition coefficient (Wildman–Crippen LogP) is 3.10. The van der Waals surface area contributed by atoms with Gasteiger partial charge in [-0.05, 0) is 52.5 Å². The van der Waals surface area contributed by atoms with Crippen molar-refractivity contribution in [3.63, 3.8) is 0 Å². The molecule has 4 heterocycles. The summed E-state index contributed by atoms with van der Waals surface area (Å²) in [5, 5.41) is 2.78. The van der Waals surface area contributed by atoms with Gasteiger partial charge >= 0.3 is 6.09 Å². The molecule has 1 unspecified atom stereocenters. The minimum atomic E-state index is -0.517. The first-order chi connectivity index (χ1) is 15.6. The molecule has 0 radical (unpaired) electrons. The summed E-state index contributed by atoms with van der Waals surface area (Å²) in [7, 11) is 0. The highest BCUT2D eigenvalue weighted by molar-refractivity contribution is 6.02. The zero-order valence-corrected chi connectivity index (χ0v) is 19.5. The van der Waals surface area contributed by atoms with Gasteiger partial charge in [-0.15, -0.1) is 0 Å². The maximum absolute atomic E-state index is 13.1. The van der Waals surface area contributed by atoms with Gasteiger partial charge in [0, 0.05) is 40.9 Å². The molecule has 0 saturated carbocycles. The monoisotopic (exact) mass is 453 g/mol. The largest absolute Gasteiger partial charge is 0.492 e. The molecule has 0 bridgehead atoms. The van der Waals surface area contributed by atoms with Crippen LogP contribution in [0.3, 0.4) is 0 Å². The maximum Gasteiger partial charge on any atom is 0.410 e. The Bertz CT molecular complexity index is 1050. The number of ether oxygens (including phenoxy) is 2. The lowest BCUT2D eigenvalue weighted by Gasteiger charge is -2.38. The lowest BCUT2D eigenvalue weighted by Crippen LogP contribution is -2.49.